The summed E-state index contributed by atoms with van der Waals surface area (Å²) < 4.78 is 0. The van der Waals surface area contributed by atoms with Gasteiger partial charge in [-0.15, -0.1) is 0 Å². The minimum absolute atomic E-state index is 0.296. The van der Waals surface area contributed by atoms with Gasteiger partial charge in [-0.3, -0.25) is 28.8 Å². The Hall–Kier alpha value is -3.18. The van der Waals surface area contributed by atoms with Crippen molar-refractivity contribution >= 4 is 35.8 Å². The molecule has 0 saturated heterocycles. The molecule has 6 N–H and O–H groups in total. The number of carbonyl (C=O) groups is 6. The molecular weight excluding hydrogens is 324 g/mol. The van der Waals surface area contributed by atoms with E-state index in [4.69, 9.17) is 30.6 Å². The molecule has 0 aromatic rings. The van der Waals surface area contributed by atoms with Gasteiger partial charge in [0.1, 0.15) is 6.42 Å². The van der Waals surface area contributed by atoms with Crippen molar-refractivity contribution in [3.05, 3.63) is 0 Å². The van der Waals surface area contributed by atoms with Crippen LogP contribution >= 0.6 is 0 Å². The summed E-state index contributed by atoms with van der Waals surface area (Å²) in [6.45, 7) is 0. The van der Waals surface area contributed by atoms with E-state index in [2.05, 4.69) is 0 Å². The summed E-state index contributed by atoms with van der Waals surface area (Å²) in [5.74, 6) is -6.93. The van der Waals surface area contributed by atoms with Crippen LogP contribution in [-0.2, 0) is 28.8 Å². The van der Waals surface area contributed by atoms with Gasteiger partial charge < -0.3 is 30.6 Å². The number of hydrogen-bond donors (Lipinski definition) is 6. The number of hydrogen-bond acceptors (Lipinski definition) is 6. The Balaban J connectivity index is -0.000000262. The highest BCUT2D eigenvalue weighted by Gasteiger charge is 2.02. The highest BCUT2D eigenvalue weighted by Crippen LogP contribution is 1.86. The fraction of sp³-hybridized carbons (Fsp3) is 0.455. The summed E-state index contributed by atoms with van der Waals surface area (Å²) in [4.78, 5) is 57.4. The molecule has 0 radical (unpaired) electrons. The second-order valence-electron chi connectivity index (χ2n) is 3.54. The van der Waals surface area contributed by atoms with E-state index in [1.807, 2.05) is 0 Å². The van der Waals surface area contributed by atoms with Gasteiger partial charge in [-0.25, -0.2) is 0 Å². The molecule has 0 aromatic heterocycles. The number of carboxylic acid groups (broad SMARTS) is 6. The fourth-order valence-electron chi connectivity index (χ4n) is 0.557. The highest BCUT2D eigenvalue weighted by atomic mass is 16.4. The standard InChI is InChI=1S/2C4H6O4.C3H4O4/c2*5-3(6)1-2-4(7)8;4-2(5)1-3(6)7/h2*1-2H2,(H,5,6)(H,7,8);1H2,(H,4,5)(H,6,7). The second-order valence-corrected chi connectivity index (χ2v) is 3.54. The molecule has 0 fully saturated rings. The molecular formula is C11H16O12. The van der Waals surface area contributed by atoms with Crippen LogP contribution in [-0.4, -0.2) is 66.5 Å². The Bertz CT molecular complexity index is 370. The van der Waals surface area contributed by atoms with Crippen LogP contribution in [0, 0.1) is 0 Å². The van der Waals surface area contributed by atoms with Crippen molar-refractivity contribution in [1.82, 2.24) is 0 Å². The zero-order valence-electron chi connectivity index (χ0n) is 11.7. The van der Waals surface area contributed by atoms with Crippen LogP contribution in [0.3, 0.4) is 0 Å². The van der Waals surface area contributed by atoms with Crippen molar-refractivity contribution in [2.75, 3.05) is 0 Å². The number of aliphatic carboxylic acids is 6. The molecule has 12 heteroatoms. The average molecular weight is 340 g/mol. The van der Waals surface area contributed by atoms with E-state index in [1.54, 1.807) is 0 Å². The normalized spacial score (nSPS) is 8.35. The summed E-state index contributed by atoms with van der Waals surface area (Å²) in [5.41, 5.74) is 0. The van der Waals surface area contributed by atoms with Crippen LogP contribution in [0.5, 0.6) is 0 Å². The van der Waals surface area contributed by atoms with Gasteiger partial charge in [-0.1, -0.05) is 0 Å². The number of rotatable bonds is 8. The number of carboxylic acids is 6. The smallest absolute Gasteiger partial charge is 0.314 e. The maximum absolute atomic E-state index is 9.64. The molecule has 0 heterocycles. The molecule has 0 unspecified atom stereocenters. The van der Waals surface area contributed by atoms with Gasteiger partial charge in [-0.05, 0) is 0 Å². The van der Waals surface area contributed by atoms with Crippen molar-refractivity contribution in [1.29, 1.82) is 0 Å². The van der Waals surface area contributed by atoms with Crippen LogP contribution in [0.1, 0.15) is 32.1 Å². The van der Waals surface area contributed by atoms with Crippen molar-refractivity contribution in [3.63, 3.8) is 0 Å². The van der Waals surface area contributed by atoms with Gasteiger partial charge >= 0.3 is 35.8 Å². The van der Waals surface area contributed by atoms with E-state index < -0.39 is 42.2 Å². The Morgan fingerprint density at radius 2 is 0.565 bits per heavy atom. The zero-order valence-corrected chi connectivity index (χ0v) is 11.7. The lowest BCUT2D eigenvalue weighted by Gasteiger charge is -1.85. The van der Waals surface area contributed by atoms with E-state index in [9.17, 15) is 28.8 Å². The molecule has 12 nitrogen and oxygen atoms in total. The molecule has 0 atom stereocenters. The van der Waals surface area contributed by atoms with Crippen molar-refractivity contribution in [3.8, 4) is 0 Å². The Morgan fingerprint density at radius 1 is 0.391 bits per heavy atom. The van der Waals surface area contributed by atoms with Crippen LogP contribution in [0.25, 0.3) is 0 Å². The van der Waals surface area contributed by atoms with Gasteiger partial charge in [0, 0.05) is 0 Å². The van der Waals surface area contributed by atoms with E-state index in [1.165, 1.54) is 0 Å². The summed E-state index contributed by atoms with van der Waals surface area (Å²) in [5, 5.41) is 47.0. The van der Waals surface area contributed by atoms with Gasteiger partial charge in [0.25, 0.3) is 0 Å². The van der Waals surface area contributed by atoms with Crippen LogP contribution < -0.4 is 0 Å². The molecule has 0 spiro atoms. The molecule has 0 bridgehead atoms. The molecule has 0 aliphatic carbocycles. The minimum atomic E-state index is -1.31. The van der Waals surface area contributed by atoms with Gasteiger partial charge in [0.2, 0.25) is 0 Å². The van der Waals surface area contributed by atoms with E-state index >= 15 is 0 Å². The Kier molecular flexibility index (Phi) is 16.4. The van der Waals surface area contributed by atoms with Crippen molar-refractivity contribution in [2.45, 2.75) is 32.1 Å². The first-order valence-electron chi connectivity index (χ1n) is 5.69. The predicted octanol–water partition coefficient (Wildman–Crippen LogP) is -0.583. The molecule has 0 aliphatic rings. The third-order valence-corrected chi connectivity index (χ3v) is 1.41. The quantitative estimate of drug-likeness (QED) is 0.305. The molecule has 0 amide bonds. The first-order chi connectivity index (χ1) is 10.4. The monoisotopic (exact) mass is 340 g/mol. The second kappa shape index (κ2) is 15.2. The van der Waals surface area contributed by atoms with E-state index in [0.717, 1.165) is 0 Å². The zero-order chi connectivity index (χ0) is 19.0. The molecule has 132 valence electrons. The third-order valence-electron chi connectivity index (χ3n) is 1.41. The summed E-state index contributed by atoms with van der Waals surface area (Å²) in [6.07, 6.45) is -1.99. The van der Waals surface area contributed by atoms with Gasteiger partial charge in [0.15, 0.2) is 0 Å². The summed E-state index contributed by atoms with van der Waals surface area (Å²) in [7, 11) is 0. The first-order valence-corrected chi connectivity index (χ1v) is 5.69. The van der Waals surface area contributed by atoms with Crippen LogP contribution in [0.4, 0.5) is 0 Å². The first kappa shape index (κ1) is 24.8. The van der Waals surface area contributed by atoms with Crippen LogP contribution in [0.15, 0.2) is 0 Å². The topological polar surface area (TPSA) is 224 Å². The maximum Gasteiger partial charge on any atom is 0.314 e. The van der Waals surface area contributed by atoms with Crippen molar-refractivity contribution < 1.29 is 59.4 Å². The minimum Gasteiger partial charge on any atom is -0.481 e. The molecule has 0 aromatic carbocycles. The lowest BCUT2D eigenvalue weighted by Crippen LogP contribution is -2.03. The largest absolute Gasteiger partial charge is 0.481 e. The molecule has 0 saturated carbocycles. The predicted molar refractivity (Wildman–Crippen MR) is 68.9 cm³/mol. The van der Waals surface area contributed by atoms with E-state index in [-0.39, 0.29) is 25.7 Å². The lowest BCUT2D eigenvalue weighted by molar-refractivity contribution is -0.147. The Labute approximate surface area is 128 Å². The van der Waals surface area contributed by atoms with Gasteiger partial charge in [0.05, 0.1) is 25.7 Å². The third kappa shape index (κ3) is 45.5. The lowest BCUT2D eigenvalue weighted by atomic mass is 10.3. The Morgan fingerprint density at radius 3 is 0.609 bits per heavy atom. The van der Waals surface area contributed by atoms with E-state index in [0.29, 0.717) is 0 Å². The molecule has 23 heavy (non-hydrogen) atoms. The highest BCUT2D eigenvalue weighted by molar-refractivity contribution is 5.88. The fourth-order valence-corrected chi connectivity index (χ4v) is 0.557. The maximum atomic E-state index is 9.64. The summed E-state index contributed by atoms with van der Waals surface area (Å²) in [6, 6.07) is 0. The van der Waals surface area contributed by atoms with Crippen LogP contribution in [0.2, 0.25) is 0 Å². The molecule has 0 rings (SSSR count). The summed E-state index contributed by atoms with van der Waals surface area (Å²) >= 11 is 0. The SMILES string of the molecule is O=C(O)CC(=O)O.O=C(O)CCC(=O)O.O=C(O)CCC(=O)O. The molecule has 0 aliphatic heterocycles. The van der Waals surface area contributed by atoms with Crippen molar-refractivity contribution in [2.24, 2.45) is 0 Å². The van der Waals surface area contributed by atoms with Gasteiger partial charge in [-0.2, -0.15) is 0 Å². The average Bonchev–Trinajstić information content (AvgIpc) is 2.33.